The molecule has 2 aliphatic rings. The maximum atomic E-state index is 12.8. The van der Waals surface area contributed by atoms with Crippen LogP contribution in [-0.2, 0) is 0 Å². The molecule has 1 aliphatic heterocycles. The summed E-state index contributed by atoms with van der Waals surface area (Å²) >= 11 is 0. The van der Waals surface area contributed by atoms with Crippen LogP contribution in [0, 0.1) is 11.7 Å². The van der Waals surface area contributed by atoms with Gasteiger partial charge in [0.25, 0.3) is 5.91 Å². The third-order valence-corrected chi connectivity index (χ3v) is 4.11. The molecule has 5 heteroatoms. The van der Waals surface area contributed by atoms with Gasteiger partial charge in [0.05, 0.1) is 0 Å². The minimum atomic E-state index is -0.321. The Hall–Kier alpha value is -1.46. The zero-order chi connectivity index (χ0) is 13.2. The van der Waals surface area contributed by atoms with E-state index in [4.69, 9.17) is 0 Å². The number of hydrogen-bond donors (Lipinski definition) is 3. The molecule has 0 spiro atoms. The standard InChI is InChI=1S/C14H18FN3O/c15-10-6-4-9(5-7-10)14(19)17-12-2-1-3-13-11(12)8-16-18-13/h4-7,11-13,16,18H,1-3,8H2,(H,17,19). The molecular weight excluding hydrogens is 245 g/mol. The van der Waals surface area contributed by atoms with Gasteiger partial charge in [-0.3, -0.25) is 15.6 Å². The van der Waals surface area contributed by atoms with E-state index in [0.29, 0.717) is 17.5 Å². The average Bonchev–Trinajstić information content (AvgIpc) is 2.89. The van der Waals surface area contributed by atoms with Crippen molar-refractivity contribution in [2.24, 2.45) is 5.92 Å². The summed E-state index contributed by atoms with van der Waals surface area (Å²) in [4.78, 5) is 12.1. The molecule has 1 heterocycles. The lowest BCUT2D eigenvalue weighted by molar-refractivity contribution is 0.0906. The summed E-state index contributed by atoms with van der Waals surface area (Å²) in [5.74, 6) is 0.00849. The topological polar surface area (TPSA) is 53.2 Å². The van der Waals surface area contributed by atoms with Crippen molar-refractivity contribution in [3.05, 3.63) is 35.6 Å². The van der Waals surface area contributed by atoms with Crippen LogP contribution in [0.2, 0.25) is 0 Å². The molecule has 2 fully saturated rings. The molecule has 19 heavy (non-hydrogen) atoms. The van der Waals surface area contributed by atoms with Gasteiger partial charge in [-0.05, 0) is 43.5 Å². The number of amides is 1. The average molecular weight is 263 g/mol. The van der Waals surface area contributed by atoms with Crippen molar-refractivity contribution in [2.45, 2.75) is 31.3 Å². The third-order valence-electron chi connectivity index (χ3n) is 4.11. The van der Waals surface area contributed by atoms with Crippen LogP contribution in [0.4, 0.5) is 4.39 Å². The first-order valence-electron chi connectivity index (χ1n) is 6.79. The highest BCUT2D eigenvalue weighted by atomic mass is 19.1. The van der Waals surface area contributed by atoms with Gasteiger partial charge in [-0.25, -0.2) is 4.39 Å². The highest BCUT2D eigenvalue weighted by molar-refractivity contribution is 5.94. The first kappa shape index (κ1) is 12.6. The number of nitrogens with one attached hydrogen (secondary N) is 3. The van der Waals surface area contributed by atoms with Crippen LogP contribution in [0.25, 0.3) is 0 Å². The SMILES string of the molecule is O=C(NC1CCCC2NNCC21)c1ccc(F)cc1. The predicted molar refractivity (Wildman–Crippen MR) is 69.9 cm³/mol. The summed E-state index contributed by atoms with van der Waals surface area (Å²) in [6, 6.07) is 6.33. The molecule has 1 aliphatic carbocycles. The summed E-state index contributed by atoms with van der Waals surface area (Å²) < 4.78 is 12.8. The van der Waals surface area contributed by atoms with Crippen LogP contribution in [0.5, 0.6) is 0 Å². The minimum absolute atomic E-state index is 0.113. The lowest BCUT2D eigenvalue weighted by Crippen LogP contribution is -2.48. The Kier molecular flexibility index (Phi) is 3.48. The molecule has 1 amide bonds. The van der Waals surface area contributed by atoms with Gasteiger partial charge in [0, 0.05) is 30.1 Å². The predicted octanol–water partition coefficient (Wildman–Crippen LogP) is 1.20. The summed E-state index contributed by atoms with van der Waals surface area (Å²) in [5.41, 5.74) is 6.94. The normalized spacial score (nSPS) is 29.8. The first-order chi connectivity index (χ1) is 9.24. The van der Waals surface area contributed by atoms with E-state index in [1.54, 1.807) is 0 Å². The van der Waals surface area contributed by atoms with Crippen LogP contribution >= 0.6 is 0 Å². The molecule has 0 radical (unpaired) electrons. The number of fused-ring (bicyclic) bond motifs is 1. The van der Waals surface area contributed by atoms with Crippen LogP contribution in [0.3, 0.4) is 0 Å². The van der Waals surface area contributed by atoms with E-state index < -0.39 is 0 Å². The molecule has 0 bridgehead atoms. The van der Waals surface area contributed by atoms with Crippen molar-refractivity contribution >= 4 is 5.91 Å². The molecule has 0 aromatic heterocycles. The Bertz CT molecular complexity index is 462. The smallest absolute Gasteiger partial charge is 0.251 e. The van der Waals surface area contributed by atoms with Crippen LogP contribution < -0.4 is 16.2 Å². The molecule has 1 saturated carbocycles. The van der Waals surface area contributed by atoms with E-state index in [1.165, 1.54) is 24.3 Å². The molecule has 3 rings (SSSR count). The van der Waals surface area contributed by atoms with Crippen molar-refractivity contribution in [1.82, 2.24) is 16.2 Å². The molecule has 1 aromatic carbocycles. The first-order valence-corrected chi connectivity index (χ1v) is 6.79. The van der Waals surface area contributed by atoms with Gasteiger partial charge in [0.15, 0.2) is 0 Å². The van der Waals surface area contributed by atoms with E-state index in [2.05, 4.69) is 16.2 Å². The highest BCUT2D eigenvalue weighted by Crippen LogP contribution is 2.27. The fourth-order valence-electron chi connectivity index (χ4n) is 3.07. The van der Waals surface area contributed by atoms with E-state index in [9.17, 15) is 9.18 Å². The van der Waals surface area contributed by atoms with Gasteiger partial charge < -0.3 is 5.32 Å². The molecule has 3 unspecified atom stereocenters. The van der Waals surface area contributed by atoms with Crippen molar-refractivity contribution in [3.8, 4) is 0 Å². The molecule has 1 aromatic rings. The number of benzene rings is 1. The molecule has 3 N–H and O–H groups in total. The highest BCUT2D eigenvalue weighted by Gasteiger charge is 2.37. The maximum absolute atomic E-state index is 12.8. The lowest BCUT2D eigenvalue weighted by Gasteiger charge is -2.33. The van der Waals surface area contributed by atoms with E-state index in [1.807, 2.05) is 0 Å². The second kappa shape index (κ2) is 5.27. The lowest BCUT2D eigenvalue weighted by atomic mass is 9.81. The number of carbonyl (C=O) groups excluding carboxylic acids is 1. The summed E-state index contributed by atoms with van der Waals surface area (Å²) in [7, 11) is 0. The fourth-order valence-corrected chi connectivity index (χ4v) is 3.07. The Morgan fingerprint density at radius 3 is 2.84 bits per heavy atom. The van der Waals surface area contributed by atoms with Crippen molar-refractivity contribution in [1.29, 1.82) is 0 Å². The summed E-state index contributed by atoms with van der Waals surface area (Å²) in [6.45, 7) is 0.888. The molecule has 102 valence electrons. The minimum Gasteiger partial charge on any atom is -0.349 e. The van der Waals surface area contributed by atoms with Gasteiger partial charge in [-0.2, -0.15) is 0 Å². The van der Waals surface area contributed by atoms with Crippen molar-refractivity contribution in [2.75, 3.05) is 6.54 Å². The van der Waals surface area contributed by atoms with E-state index in [-0.39, 0.29) is 17.8 Å². The molecular formula is C14H18FN3O. The van der Waals surface area contributed by atoms with Crippen molar-refractivity contribution in [3.63, 3.8) is 0 Å². The van der Waals surface area contributed by atoms with Gasteiger partial charge in [0.1, 0.15) is 5.82 Å². The van der Waals surface area contributed by atoms with E-state index >= 15 is 0 Å². The third kappa shape index (κ3) is 2.62. The largest absolute Gasteiger partial charge is 0.349 e. The molecule has 1 saturated heterocycles. The maximum Gasteiger partial charge on any atom is 0.251 e. The number of carbonyl (C=O) groups is 1. The summed E-state index contributed by atoms with van der Waals surface area (Å²) in [6.07, 6.45) is 3.28. The number of hydrazine groups is 1. The Labute approximate surface area is 111 Å². The van der Waals surface area contributed by atoms with E-state index in [0.717, 1.165) is 25.8 Å². The van der Waals surface area contributed by atoms with Crippen LogP contribution in [-0.4, -0.2) is 24.5 Å². The number of hydrogen-bond acceptors (Lipinski definition) is 3. The quantitative estimate of drug-likeness (QED) is 0.751. The summed E-state index contributed by atoms with van der Waals surface area (Å²) in [5, 5.41) is 3.08. The van der Waals surface area contributed by atoms with Gasteiger partial charge in [-0.1, -0.05) is 0 Å². The monoisotopic (exact) mass is 263 g/mol. The van der Waals surface area contributed by atoms with Crippen LogP contribution in [0.1, 0.15) is 29.6 Å². The fraction of sp³-hybridized carbons (Fsp3) is 0.500. The second-order valence-electron chi connectivity index (χ2n) is 5.31. The Morgan fingerprint density at radius 2 is 2.05 bits per heavy atom. The number of halogens is 1. The van der Waals surface area contributed by atoms with Crippen LogP contribution in [0.15, 0.2) is 24.3 Å². The Morgan fingerprint density at radius 1 is 1.26 bits per heavy atom. The second-order valence-corrected chi connectivity index (χ2v) is 5.31. The van der Waals surface area contributed by atoms with Gasteiger partial charge in [0.2, 0.25) is 0 Å². The molecule has 3 atom stereocenters. The number of rotatable bonds is 2. The zero-order valence-corrected chi connectivity index (χ0v) is 10.7. The van der Waals surface area contributed by atoms with Gasteiger partial charge in [-0.15, -0.1) is 0 Å². The van der Waals surface area contributed by atoms with Gasteiger partial charge >= 0.3 is 0 Å². The zero-order valence-electron chi connectivity index (χ0n) is 10.7. The van der Waals surface area contributed by atoms with Crippen molar-refractivity contribution < 1.29 is 9.18 Å². The Balaban J connectivity index is 1.67. The molecule has 4 nitrogen and oxygen atoms in total.